The molecule has 0 aliphatic carbocycles. The van der Waals surface area contributed by atoms with Crippen molar-refractivity contribution in [2.45, 2.75) is 60.6 Å². The van der Waals surface area contributed by atoms with Crippen LogP contribution in [0, 0.1) is 23.7 Å². The van der Waals surface area contributed by atoms with Gasteiger partial charge in [0.2, 0.25) is 29.5 Å². The van der Waals surface area contributed by atoms with Crippen molar-refractivity contribution < 1.29 is 33.5 Å². The van der Waals surface area contributed by atoms with E-state index in [0.29, 0.717) is 5.69 Å². The summed E-state index contributed by atoms with van der Waals surface area (Å²) in [6.07, 6.45) is 0.0707. The number of benzene rings is 1. The first-order valence-electron chi connectivity index (χ1n) is 12.8. The fourth-order valence-corrected chi connectivity index (χ4v) is 3.78. The number of amides is 5. The summed E-state index contributed by atoms with van der Waals surface area (Å²) in [4.78, 5) is 74.8. The third-order valence-corrected chi connectivity index (χ3v) is 6.16. The Kier molecular flexibility index (Phi) is 11.0. The normalized spacial score (nSPS) is 16.1. The van der Waals surface area contributed by atoms with E-state index in [0.717, 1.165) is 10.5 Å². The molecular formula is C27H38N4O7. The molecule has 3 N–H and O–H groups in total. The summed E-state index contributed by atoms with van der Waals surface area (Å²) in [5.41, 5.74) is 1.26. The van der Waals surface area contributed by atoms with Gasteiger partial charge in [0.15, 0.2) is 0 Å². The summed E-state index contributed by atoms with van der Waals surface area (Å²) >= 11 is 0. The SMILES string of the molecule is CC(C)C(=O)OCc1ccc(NC(=O)CNC(=O)C(NC(=O)CN2C(=O)CC(C(C)C)C2=O)C(C)C)cc1. The number of rotatable bonds is 12. The number of ether oxygens (including phenoxy) is 1. The molecule has 1 aliphatic heterocycles. The van der Waals surface area contributed by atoms with Gasteiger partial charge in [0.1, 0.15) is 19.2 Å². The minimum absolute atomic E-state index is 0.0211. The van der Waals surface area contributed by atoms with Crippen LogP contribution < -0.4 is 16.0 Å². The van der Waals surface area contributed by atoms with Crippen molar-refractivity contribution in [1.29, 1.82) is 0 Å². The van der Waals surface area contributed by atoms with Gasteiger partial charge in [-0.1, -0.05) is 53.7 Å². The average molecular weight is 531 g/mol. The average Bonchev–Trinajstić information content (AvgIpc) is 3.13. The molecule has 2 unspecified atom stereocenters. The number of nitrogens with zero attached hydrogens (tertiary/aromatic N) is 1. The maximum Gasteiger partial charge on any atom is 0.308 e. The minimum Gasteiger partial charge on any atom is -0.461 e. The third kappa shape index (κ3) is 8.67. The number of nitrogens with one attached hydrogen (secondary N) is 3. The van der Waals surface area contributed by atoms with Crippen molar-refractivity contribution in [3.8, 4) is 0 Å². The molecule has 38 heavy (non-hydrogen) atoms. The van der Waals surface area contributed by atoms with Gasteiger partial charge in [-0.25, -0.2) is 0 Å². The molecule has 0 spiro atoms. The van der Waals surface area contributed by atoms with Gasteiger partial charge < -0.3 is 20.7 Å². The lowest BCUT2D eigenvalue weighted by Crippen LogP contribution is -2.53. The lowest BCUT2D eigenvalue weighted by molar-refractivity contribution is -0.148. The Morgan fingerprint density at radius 2 is 1.61 bits per heavy atom. The van der Waals surface area contributed by atoms with E-state index in [2.05, 4.69) is 16.0 Å². The van der Waals surface area contributed by atoms with Crippen molar-refractivity contribution in [3.05, 3.63) is 29.8 Å². The van der Waals surface area contributed by atoms with Crippen molar-refractivity contribution >= 4 is 41.2 Å². The van der Waals surface area contributed by atoms with Crippen LogP contribution in [0.4, 0.5) is 5.69 Å². The van der Waals surface area contributed by atoms with Gasteiger partial charge in [0.25, 0.3) is 0 Å². The van der Waals surface area contributed by atoms with E-state index in [9.17, 15) is 28.8 Å². The molecule has 1 saturated heterocycles. The molecule has 0 bridgehead atoms. The Balaban J connectivity index is 1.84. The fraction of sp³-hybridized carbons (Fsp3) is 0.556. The standard InChI is InChI=1S/C27H38N4O7/c1-15(2)20-11-23(34)31(26(20)36)13-22(33)30-24(16(3)4)25(35)28-12-21(32)29-19-9-7-18(8-10-19)14-38-27(37)17(5)6/h7-10,15-17,20,24H,11-14H2,1-6H3,(H,28,35)(H,29,32)(H,30,33). The molecule has 2 atom stereocenters. The van der Waals surface area contributed by atoms with Gasteiger partial charge in [-0.15, -0.1) is 0 Å². The zero-order chi connectivity index (χ0) is 28.6. The van der Waals surface area contributed by atoms with Gasteiger partial charge in [-0.3, -0.25) is 33.7 Å². The van der Waals surface area contributed by atoms with E-state index in [-0.39, 0.29) is 49.2 Å². The van der Waals surface area contributed by atoms with E-state index < -0.39 is 42.1 Å². The first-order valence-corrected chi connectivity index (χ1v) is 12.8. The van der Waals surface area contributed by atoms with Crippen molar-refractivity contribution in [3.63, 3.8) is 0 Å². The highest BCUT2D eigenvalue weighted by Crippen LogP contribution is 2.26. The molecule has 1 fully saturated rings. The first kappa shape index (κ1) is 30.5. The molecule has 1 aromatic rings. The number of hydrogen-bond acceptors (Lipinski definition) is 7. The highest BCUT2D eigenvalue weighted by molar-refractivity contribution is 6.06. The Bertz CT molecular complexity index is 1050. The maximum atomic E-state index is 12.7. The highest BCUT2D eigenvalue weighted by Gasteiger charge is 2.41. The van der Waals surface area contributed by atoms with E-state index in [1.165, 1.54) is 0 Å². The smallest absolute Gasteiger partial charge is 0.308 e. The molecule has 5 amide bonds. The van der Waals surface area contributed by atoms with Crippen LogP contribution in [0.15, 0.2) is 24.3 Å². The Morgan fingerprint density at radius 3 is 2.13 bits per heavy atom. The van der Waals surface area contributed by atoms with Gasteiger partial charge in [-0.05, 0) is 29.5 Å². The van der Waals surface area contributed by atoms with E-state index in [1.807, 2.05) is 13.8 Å². The summed E-state index contributed by atoms with van der Waals surface area (Å²) in [6, 6.07) is 5.77. The Labute approximate surface area is 223 Å². The van der Waals surface area contributed by atoms with Gasteiger partial charge >= 0.3 is 5.97 Å². The van der Waals surface area contributed by atoms with Crippen LogP contribution in [0.1, 0.15) is 53.5 Å². The molecular weight excluding hydrogens is 492 g/mol. The first-order chi connectivity index (χ1) is 17.8. The highest BCUT2D eigenvalue weighted by atomic mass is 16.5. The maximum absolute atomic E-state index is 12.7. The summed E-state index contributed by atoms with van der Waals surface area (Å²) < 4.78 is 5.17. The second-order valence-electron chi connectivity index (χ2n) is 10.4. The van der Waals surface area contributed by atoms with Crippen molar-refractivity contribution in [1.82, 2.24) is 15.5 Å². The van der Waals surface area contributed by atoms with Crippen molar-refractivity contribution in [2.24, 2.45) is 23.7 Å². The second-order valence-corrected chi connectivity index (χ2v) is 10.4. The van der Waals surface area contributed by atoms with Crippen LogP contribution in [0.25, 0.3) is 0 Å². The molecule has 1 aromatic carbocycles. The fourth-order valence-electron chi connectivity index (χ4n) is 3.78. The lowest BCUT2D eigenvalue weighted by Gasteiger charge is -2.23. The largest absolute Gasteiger partial charge is 0.461 e. The molecule has 11 nitrogen and oxygen atoms in total. The third-order valence-electron chi connectivity index (χ3n) is 6.16. The van der Waals surface area contributed by atoms with E-state index in [1.54, 1.807) is 52.0 Å². The predicted molar refractivity (Wildman–Crippen MR) is 139 cm³/mol. The van der Waals surface area contributed by atoms with Crippen LogP contribution in [-0.2, 0) is 40.1 Å². The molecule has 1 heterocycles. The Morgan fingerprint density at radius 1 is 0.974 bits per heavy atom. The molecule has 2 rings (SSSR count). The zero-order valence-electron chi connectivity index (χ0n) is 22.8. The van der Waals surface area contributed by atoms with E-state index >= 15 is 0 Å². The Hall–Kier alpha value is -3.76. The number of likely N-dealkylation sites (tertiary alicyclic amines) is 1. The quantitative estimate of drug-likeness (QED) is 0.274. The monoisotopic (exact) mass is 530 g/mol. The summed E-state index contributed by atoms with van der Waals surface area (Å²) in [7, 11) is 0. The summed E-state index contributed by atoms with van der Waals surface area (Å²) in [5.74, 6) is -3.76. The van der Waals surface area contributed by atoms with Crippen LogP contribution in [0.3, 0.4) is 0 Å². The molecule has 1 aliphatic rings. The van der Waals surface area contributed by atoms with Crippen LogP contribution in [-0.4, -0.2) is 59.5 Å². The lowest BCUT2D eigenvalue weighted by atomic mass is 9.94. The number of hydrogen-bond donors (Lipinski definition) is 3. The number of esters is 1. The van der Waals surface area contributed by atoms with Gasteiger partial charge in [-0.2, -0.15) is 0 Å². The van der Waals surface area contributed by atoms with Gasteiger partial charge in [0.05, 0.1) is 12.5 Å². The molecule has 208 valence electrons. The number of imide groups is 1. The zero-order valence-corrected chi connectivity index (χ0v) is 22.8. The summed E-state index contributed by atoms with van der Waals surface area (Å²) in [5, 5.41) is 7.73. The number of carbonyl (C=O) groups is 6. The molecule has 0 saturated carbocycles. The summed E-state index contributed by atoms with van der Waals surface area (Å²) in [6.45, 7) is 9.98. The molecule has 0 aromatic heterocycles. The second kappa shape index (κ2) is 13.7. The van der Waals surface area contributed by atoms with Crippen LogP contribution in [0.2, 0.25) is 0 Å². The number of carbonyl (C=O) groups excluding carboxylic acids is 6. The van der Waals surface area contributed by atoms with E-state index in [4.69, 9.17) is 4.74 Å². The molecule has 0 radical (unpaired) electrons. The van der Waals surface area contributed by atoms with Crippen LogP contribution >= 0.6 is 0 Å². The van der Waals surface area contributed by atoms with Crippen LogP contribution in [0.5, 0.6) is 0 Å². The van der Waals surface area contributed by atoms with Crippen molar-refractivity contribution in [2.75, 3.05) is 18.4 Å². The topological polar surface area (TPSA) is 151 Å². The predicted octanol–water partition coefficient (Wildman–Crippen LogP) is 1.61. The number of anilines is 1. The minimum atomic E-state index is -0.961. The van der Waals surface area contributed by atoms with Gasteiger partial charge in [0, 0.05) is 18.0 Å². The molecule has 11 heteroatoms.